The van der Waals surface area contributed by atoms with Crippen molar-refractivity contribution in [1.29, 1.82) is 0 Å². The summed E-state index contributed by atoms with van der Waals surface area (Å²) in [6.07, 6.45) is 5.96. The minimum atomic E-state index is 0.695. The first-order valence-electron chi connectivity index (χ1n) is 5.00. The lowest BCUT2D eigenvalue weighted by Crippen LogP contribution is -2.22. The standard InChI is InChI=1S/C10H22Si/c1-8-4-6-9(7-5-8)10(2,3)11/h8-9H,4-7H2,1-3,11H3. The highest BCUT2D eigenvalue weighted by molar-refractivity contribution is 6.14. The van der Waals surface area contributed by atoms with Gasteiger partial charge in [0, 0.05) is 10.2 Å². The van der Waals surface area contributed by atoms with Crippen molar-refractivity contribution < 1.29 is 0 Å². The lowest BCUT2D eigenvalue weighted by atomic mass is 9.77. The minimum absolute atomic E-state index is 0.695. The van der Waals surface area contributed by atoms with Gasteiger partial charge in [-0.3, -0.25) is 0 Å². The molecule has 11 heavy (non-hydrogen) atoms. The van der Waals surface area contributed by atoms with E-state index in [9.17, 15) is 0 Å². The van der Waals surface area contributed by atoms with Gasteiger partial charge in [0.05, 0.1) is 0 Å². The Balaban J connectivity index is 2.39. The first kappa shape index (κ1) is 9.31. The van der Waals surface area contributed by atoms with E-state index in [4.69, 9.17) is 0 Å². The van der Waals surface area contributed by atoms with Crippen molar-refractivity contribution in [3.8, 4) is 0 Å². The van der Waals surface area contributed by atoms with Crippen LogP contribution in [0, 0.1) is 11.8 Å². The molecule has 0 heterocycles. The van der Waals surface area contributed by atoms with Crippen LogP contribution in [-0.2, 0) is 0 Å². The van der Waals surface area contributed by atoms with Gasteiger partial charge in [0.25, 0.3) is 0 Å². The summed E-state index contributed by atoms with van der Waals surface area (Å²) < 4.78 is 0. The Kier molecular flexibility index (Phi) is 2.79. The van der Waals surface area contributed by atoms with E-state index in [0.29, 0.717) is 5.04 Å². The van der Waals surface area contributed by atoms with Gasteiger partial charge in [-0.1, -0.05) is 33.6 Å². The Hall–Kier alpha value is 0.217. The Labute approximate surface area is 74.2 Å². The molecule has 0 atom stereocenters. The Morgan fingerprint density at radius 2 is 1.55 bits per heavy atom. The molecule has 0 radical (unpaired) electrons. The van der Waals surface area contributed by atoms with Gasteiger partial charge in [0.15, 0.2) is 0 Å². The van der Waals surface area contributed by atoms with Crippen LogP contribution in [0.25, 0.3) is 0 Å². The van der Waals surface area contributed by atoms with E-state index in [1.807, 2.05) is 0 Å². The van der Waals surface area contributed by atoms with Crippen LogP contribution in [-0.4, -0.2) is 10.2 Å². The smallest absolute Gasteiger partial charge is 0.0103 e. The summed E-state index contributed by atoms with van der Waals surface area (Å²) in [6, 6.07) is 0. The van der Waals surface area contributed by atoms with Crippen LogP contribution in [0.5, 0.6) is 0 Å². The van der Waals surface area contributed by atoms with Crippen LogP contribution in [0.1, 0.15) is 46.5 Å². The summed E-state index contributed by atoms with van der Waals surface area (Å²) in [6.45, 7) is 7.29. The Bertz CT molecular complexity index is 115. The van der Waals surface area contributed by atoms with Crippen molar-refractivity contribution in [1.82, 2.24) is 0 Å². The van der Waals surface area contributed by atoms with Gasteiger partial charge in [-0.25, -0.2) is 0 Å². The van der Waals surface area contributed by atoms with E-state index < -0.39 is 0 Å². The highest BCUT2D eigenvalue weighted by Crippen LogP contribution is 2.42. The van der Waals surface area contributed by atoms with Gasteiger partial charge in [0.1, 0.15) is 0 Å². The van der Waals surface area contributed by atoms with Crippen molar-refractivity contribution in [2.24, 2.45) is 11.8 Å². The quantitative estimate of drug-likeness (QED) is 0.530. The minimum Gasteiger partial charge on any atom is -0.0630 e. The fraction of sp³-hybridized carbons (Fsp3) is 1.00. The summed E-state index contributed by atoms with van der Waals surface area (Å²) in [5.74, 6) is 2.06. The third kappa shape index (κ3) is 2.62. The van der Waals surface area contributed by atoms with Crippen LogP contribution < -0.4 is 0 Å². The molecular weight excluding hydrogens is 148 g/mol. The molecule has 0 aromatic carbocycles. The summed E-state index contributed by atoms with van der Waals surface area (Å²) in [5.41, 5.74) is 0. The molecule has 0 unspecified atom stereocenters. The molecule has 66 valence electrons. The van der Waals surface area contributed by atoms with E-state index >= 15 is 0 Å². The monoisotopic (exact) mass is 170 g/mol. The molecule has 1 aliphatic carbocycles. The average molecular weight is 170 g/mol. The number of hydrogen-bond donors (Lipinski definition) is 0. The summed E-state index contributed by atoms with van der Waals surface area (Å²) in [5, 5.41) is 0.695. The molecule has 0 N–H and O–H groups in total. The summed E-state index contributed by atoms with van der Waals surface area (Å²) >= 11 is 0. The van der Waals surface area contributed by atoms with E-state index in [2.05, 4.69) is 20.8 Å². The first-order valence-corrected chi connectivity index (χ1v) is 6.00. The Morgan fingerprint density at radius 3 is 1.91 bits per heavy atom. The molecule has 0 saturated heterocycles. The van der Waals surface area contributed by atoms with E-state index in [1.165, 1.54) is 35.9 Å². The van der Waals surface area contributed by atoms with Crippen LogP contribution in [0.15, 0.2) is 0 Å². The molecule has 0 spiro atoms. The van der Waals surface area contributed by atoms with Gasteiger partial charge >= 0.3 is 0 Å². The maximum absolute atomic E-state index is 2.44. The Morgan fingerprint density at radius 1 is 1.09 bits per heavy atom. The molecular formula is C10H22Si. The molecule has 1 fully saturated rings. The highest BCUT2D eigenvalue weighted by atomic mass is 28.1. The predicted molar refractivity (Wildman–Crippen MR) is 55.1 cm³/mol. The zero-order valence-electron chi connectivity index (χ0n) is 8.48. The SMILES string of the molecule is CC1CCC(C(C)(C)[SiH3])CC1. The number of hydrogen-bond acceptors (Lipinski definition) is 0. The fourth-order valence-corrected chi connectivity index (χ4v) is 2.70. The molecule has 0 aromatic heterocycles. The zero-order valence-corrected chi connectivity index (χ0v) is 10.5. The third-order valence-corrected chi connectivity index (χ3v) is 4.06. The fourth-order valence-electron chi connectivity index (χ4n) is 2.13. The van der Waals surface area contributed by atoms with Gasteiger partial charge in [-0.15, -0.1) is 0 Å². The third-order valence-electron chi connectivity index (χ3n) is 3.24. The molecule has 0 nitrogen and oxygen atoms in total. The van der Waals surface area contributed by atoms with Crippen molar-refractivity contribution in [3.05, 3.63) is 0 Å². The zero-order chi connectivity index (χ0) is 8.48. The highest BCUT2D eigenvalue weighted by Gasteiger charge is 2.27. The second-order valence-corrected chi connectivity index (χ2v) is 7.90. The van der Waals surface area contributed by atoms with Crippen molar-refractivity contribution in [3.63, 3.8) is 0 Å². The molecule has 0 bridgehead atoms. The normalized spacial score (nSPS) is 34.1. The second-order valence-electron chi connectivity index (χ2n) is 5.32. The molecule has 0 aliphatic heterocycles. The van der Waals surface area contributed by atoms with Crippen LogP contribution in [0.3, 0.4) is 0 Å². The summed E-state index contributed by atoms with van der Waals surface area (Å²) in [7, 11) is 1.36. The van der Waals surface area contributed by atoms with Gasteiger partial charge < -0.3 is 0 Å². The largest absolute Gasteiger partial charge is 0.0630 e. The van der Waals surface area contributed by atoms with E-state index in [0.717, 1.165) is 11.8 Å². The average Bonchev–Trinajstić information content (AvgIpc) is 1.86. The number of rotatable bonds is 1. The maximum atomic E-state index is 2.44. The van der Waals surface area contributed by atoms with E-state index in [-0.39, 0.29) is 0 Å². The molecule has 0 amide bonds. The second kappa shape index (κ2) is 3.30. The lowest BCUT2D eigenvalue weighted by molar-refractivity contribution is 0.244. The van der Waals surface area contributed by atoms with Crippen LogP contribution in [0.2, 0.25) is 5.04 Å². The van der Waals surface area contributed by atoms with Gasteiger partial charge in [-0.05, 0) is 29.7 Å². The summed E-state index contributed by atoms with van der Waals surface area (Å²) in [4.78, 5) is 0. The predicted octanol–water partition coefficient (Wildman–Crippen LogP) is 2.38. The van der Waals surface area contributed by atoms with Crippen molar-refractivity contribution in [2.75, 3.05) is 0 Å². The molecule has 1 heteroatoms. The lowest BCUT2D eigenvalue weighted by Gasteiger charge is -2.36. The molecule has 1 saturated carbocycles. The molecule has 1 rings (SSSR count). The van der Waals surface area contributed by atoms with Crippen molar-refractivity contribution in [2.45, 2.75) is 51.5 Å². The van der Waals surface area contributed by atoms with Crippen LogP contribution >= 0.6 is 0 Å². The van der Waals surface area contributed by atoms with E-state index in [1.54, 1.807) is 0 Å². The van der Waals surface area contributed by atoms with Gasteiger partial charge in [0.2, 0.25) is 0 Å². The molecule has 0 aromatic rings. The topological polar surface area (TPSA) is 0 Å². The first-order chi connectivity index (χ1) is 5.00. The maximum Gasteiger partial charge on any atom is 0.0103 e. The van der Waals surface area contributed by atoms with Crippen molar-refractivity contribution >= 4 is 10.2 Å². The molecule has 1 aliphatic rings. The van der Waals surface area contributed by atoms with Crippen LogP contribution in [0.4, 0.5) is 0 Å². The van der Waals surface area contributed by atoms with Gasteiger partial charge in [-0.2, -0.15) is 0 Å².